The molecule has 0 aliphatic heterocycles. The van der Waals surface area contributed by atoms with Crippen LogP contribution in [0.15, 0.2) is 98.1 Å². The minimum absolute atomic E-state index is 0.709. The van der Waals surface area contributed by atoms with Crippen molar-refractivity contribution in [3.05, 3.63) is 103 Å². The lowest BCUT2D eigenvalue weighted by Crippen LogP contribution is -1.88. The Morgan fingerprint density at radius 1 is 0.793 bits per heavy atom. The summed E-state index contributed by atoms with van der Waals surface area (Å²) in [6, 6.07) is 19.2. The summed E-state index contributed by atoms with van der Waals surface area (Å²) in [5, 5.41) is 0.709. The van der Waals surface area contributed by atoms with Crippen LogP contribution in [0.2, 0.25) is 5.02 Å². The van der Waals surface area contributed by atoms with E-state index in [9.17, 15) is 0 Å². The zero-order valence-electron chi connectivity index (χ0n) is 15.4. The lowest BCUT2D eigenvalue weighted by molar-refractivity contribution is 1.06. The van der Waals surface area contributed by atoms with Gasteiger partial charge < -0.3 is 9.55 Å². The number of halogens is 1. The van der Waals surface area contributed by atoms with Gasteiger partial charge in [-0.3, -0.25) is 9.97 Å². The highest BCUT2D eigenvalue weighted by atomic mass is 35.5. The van der Waals surface area contributed by atoms with Crippen molar-refractivity contribution in [2.24, 2.45) is 0 Å². The predicted molar refractivity (Wildman–Crippen MR) is 114 cm³/mol. The van der Waals surface area contributed by atoms with Gasteiger partial charge in [-0.15, -0.1) is 0 Å². The van der Waals surface area contributed by atoms with E-state index in [4.69, 9.17) is 11.6 Å². The highest BCUT2D eigenvalue weighted by Crippen LogP contribution is 2.18. The first-order valence-electron chi connectivity index (χ1n) is 8.91. The summed E-state index contributed by atoms with van der Waals surface area (Å²) < 4.78 is 1.93. The van der Waals surface area contributed by atoms with E-state index in [1.54, 1.807) is 31.2 Å². The highest BCUT2D eigenvalue weighted by molar-refractivity contribution is 6.30. The number of aromatic nitrogens is 6. The number of nitrogens with zero attached hydrogens (tertiary/aromatic N) is 5. The fourth-order valence-electron chi connectivity index (χ4n) is 2.67. The third kappa shape index (κ3) is 4.75. The van der Waals surface area contributed by atoms with Crippen molar-refractivity contribution in [1.82, 2.24) is 29.5 Å². The molecule has 0 radical (unpaired) electrons. The standard InChI is InChI=1S/C14H10ClN3.C8H7N3/c15-11-4-3-5-12(8-11)18-9-14(17-10-18)13-6-1-2-7-16-13;1-2-4-10-7(3-1)8-5-9-6-11-8/h1-10H;1-6H,(H,9,11). The molecule has 4 heterocycles. The molecule has 142 valence electrons. The molecule has 6 nitrogen and oxygen atoms in total. The van der Waals surface area contributed by atoms with Crippen LogP contribution in [0.4, 0.5) is 0 Å². The Balaban J connectivity index is 0.000000159. The van der Waals surface area contributed by atoms with E-state index in [0.717, 1.165) is 28.5 Å². The van der Waals surface area contributed by atoms with Gasteiger partial charge in [0, 0.05) is 29.3 Å². The molecular formula is C22H17ClN6. The molecule has 29 heavy (non-hydrogen) atoms. The van der Waals surface area contributed by atoms with Crippen LogP contribution < -0.4 is 0 Å². The summed E-state index contributed by atoms with van der Waals surface area (Å²) >= 11 is 5.97. The Labute approximate surface area is 172 Å². The van der Waals surface area contributed by atoms with Crippen molar-refractivity contribution in [2.75, 3.05) is 0 Å². The number of nitrogens with one attached hydrogen (secondary N) is 1. The zero-order valence-corrected chi connectivity index (χ0v) is 16.1. The van der Waals surface area contributed by atoms with Crippen LogP contribution in [0.3, 0.4) is 0 Å². The van der Waals surface area contributed by atoms with Crippen molar-refractivity contribution in [3.63, 3.8) is 0 Å². The van der Waals surface area contributed by atoms with Crippen molar-refractivity contribution < 1.29 is 0 Å². The summed E-state index contributed by atoms with van der Waals surface area (Å²) in [7, 11) is 0. The first kappa shape index (κ1) is 18.6. The van der Waals surface area contributed by atoms with Crippen molar-refractivity contribution in [1.29, 1.82) is 0 Å². The molecule has 0 amide bonds. The van der Waals surface area contributed by atoms with Gasteiger partial charge in [-0.1, -0.05) is 29.8 Å². The average molecular weight is 401 g/mol. The Morgan fingerprint density at radius 3 is 2.24 bits per heavy atom. The van der Waals surface area contributed by atoms with Crippen molar-refractivity contribution >= 4 is 11.6 Å². The quantitative estimate of drug-likeness (QED) is 0.459. The summed E-state index contributed by atoms with van der Waals surface area (Å²) in [6.45, 7) is 0. The molecular weight excluding hydrogens is 384 g/mol. The van der Waals surface area contributed by atoms with E-state index < -0.39 is 0 Å². The molecule has 0 saturated carbocycles. The fraction of sp³-hybridized carbons (Fsp3) is 0. The second kappa shape index (κ2) is 8.95. The number of pyridine rings is 2. The van der Waals surface area contributed by atoms with Gasteiger partial charge in [0.2, 0.25) is 0 Å². The molecule has 0 saturated heterocycles. The number of rotatable bonds is 3. The Bertz CT molecular complexity index is 1150. The van der Waals surface area contributed by atoms with Crippen molar-refractivity contribution in [2.45, 2.75) is 0 Å². The second-order valence-electron chi connectivity index (χ2n) is 6.04. The van der Waals surface area contributed by atoms with E-state index in [1.807, 2.05) is 71.4 Å². The van der Waals surface area contributed by atoms with Crippen LogP contribution in [-0.4, -0.2) is 29.5 Å². The van der Waals surface area contributed by atoms with E-state index in [0.29, 0.717) is 5.02 Å². The Morgan fingerprint density at radius 2 is 1.59 bits per heavy atom. The summed E-state index contributed by atoms with van der Waals surface area (Å²) in [6.07, 6.45) is 10.6. The third-order valence-electron chi connectivity index (χ3n) is 4.06. The molecule has 0 aliphatic carbocycles. The summed E-state index contributed by atoms with van der Waals surface area (Å²) in [5.74, 6) is 0. The maximum Gasteiger partial charge on any atom is 0.107 e. The van der Waals surface area contributed by atoms with Crippen LogP contribution >= 0.6 is 11.6 Å². The first-order chi connectivity index (χ1) is 14.3. The monoisotopic (exact) mass is 400 g/mol. The van der Waals surface area contributed by atoms with Gasteiger partial charge >= 0.3 is 0 Å². The minimum Gasteiger partial charge on any atom is -0.343 e. The number of aromatic amines is 1. The van der Waals surface area contributed by atoms with Crippen LogP contribution in [0.5, 0.6) is 0 Å². The molecule has 0 spiro atoms. The molecule has 0 unspecified atom stereocenters. The maximum atomic E-state index is 5.97. The molecule has 0 bridgehead atoms. The average Bonchev–Trinajstić information content (AvgIpc) is 3.48. The Hall–Kier alpha value is -3.77. The lowest BCUT2D eigenvalue weighted by Gasteiger charge is -2.01. The number of imidazole rings is 2. The molecule has 1 N–H and O–H groups in total. The van der Waals surface area contributed by atoms with Gasteiger partial charge in [-0.25, -0.2) is 9.97 Å². The number of H-pyrrole nitrogens is 1. The maximum absolute atomic E-state index is 5.97. The van der Waals surface area contributed by atoms with Gasteiger partial charge in [-0.2, -0.15) is 0 Å². The van der Waals surface area contributed by atoms with E-state index >= 15 is 0 Å². The molecule has 5 aromatic rings. The molecule has 0 atom stereocenters. The zero-order chi connectivity index (χ0) is 19.9. The Kier molecular flexibility index (Phi) is 5.73. The molecule has 0 fully saturated rings. The number of hydrogen-bond donors (Lipinski definition) is 1. The topological polar surface area (TPSA) is 72.3 Å². The minimum atomic E-state index is 0.709. The van der Waals surface area contributed by atoms with Gasteiger partial charge in [0.05, 0.1) is 35.9 Å². The second-order valence-corrected chi connectivity index (χ2v) is 6.48. The highest BCUT2D eigenvalue weighted by Gasteiger charge is 2.04. The van der Waals surface area contributed by atoms with E-state index in [2.05, 4.69) is 24.9 Å². The van der Waals surface area contributed by atoms with Crippen LogP contribution in [0, 0.1) is 0 Å². The van der Waals surface area contributed by atoms with Crippen LogP contribution in [0.1, 0.15) is 0 Å². The summed E-state index contributed by atoms with van der Waals surface area (Å²) in [5.41, 5.74) is 4.56. The van der Waals surface area contributed by atoms with Gasteiger partial charge in [0.25, 0.3) is 0 Å². The molecule has 1 aromatic carbocycles. The predicted octanol–water partition coefficient (Wildman–Crippen LogP) is 5.06. The van der Waals surface area contributed by atoms with Gasteiger partial charge in [0.1, 0.15) is 5.69 Å². The molecule has 0 aliphatic rings. The largest absolute Gasteiger partial charge is 0.343 e. The first-order valence-corrected chi connectivity index (χ1v) is 9.28. The van der Waals surface area contributed by atoms with Gasteiger partial charge in [0.15, 0.2) is 0 Å². The van der Waals surface area contributed by atoms with Crippen molar-refractivity contribution in [3.8, 4) is 28.5 Å². The molecule has 7 heteroatoms. The smallest absolute Gasteiger partial charge is 0.107 e. The number of hydrogen-bond acceptors (Lipinski definition) is 4. The van der Waals surface area contributed by atoms with E-state index in [-0.39, 0.29) is 0 Å². The molecule has 5 rings (SSSR count). The molecule has 4 aromatic heterocycles. The fourth-order valence-corrected chi connectivity index (χ4v) is 2.85. The summed E-state index contributed by atoms with van der Waals surface area (Å²) in [4.78, 5) is 19.7. The normalized spacial score (nSPS) is 10.2. The van der Waals surface area contributed by atoms with Crippen LogP contribution in [0.25, 0.3) is 28.5 Å². The number of benzene rings is 1. The van der Waals surface area contributed by atoms with E-state index in [1.165, 1.54) is 0 Å². The SMILES string of the molecule is Clc1cccc(-n2cnc(-c3ccccn3)c2)c1.c1ccc(-c2cnc[nH]2)nc1. The lowest BCUT2D eigenvalue weighted by atomic mass is 10.3. The van der Waals surface area contributed by atoms with Crippen LogP contribution in [-0.2, 0) is 0 Å². The third-order valence-corrected chi connectivity index (χ3v) is 4.29. The van der Waals surface area contributed by atoms with Gasteiger partial charge in [-0.05, 0) is 42.5 Å².